The van der Waals surface area contributed by atoms with Crippen LogP contribution in [0.2, 0.25) is 19.6 Å². The molecule has 50 heteroatoms. The van der Waals surface area contributed by atoms with Crippen molar-refractivity contribution >= 4 is 76.6 Å². The molecule has 2 aromatic rings. The summed E-state index contributed by atoms with van der Waals surface area (Å²) >= 11 is -2.52. The van der Waals surface area contributed by atoms with Gasteiger partial charge >= 0.3 is 101 Å². The maximum atomic E-state index is 12.2. The van der Waals surface area contributed by atoms with E-state index in [0.29, 0.717) is 34.1 Å². The number of aliphatic imine (C=N–C) groups is 2. The molecule has 3 N–H and O–H groups in total. The molecule has 7 aliphatic rings. The molecule has 113 heavy (non-hydrogen) atoms. The summed E-state index contributed by atoms with van der Waals surface area (Å²) in [7, 11) is -2.31. The number of carbonyl (C=O) groups is 6. The Kier molecular flexibility index (Phi) is 36.9. The average Bonchev–Trinajstić information content (AvgIpc) is 1.68. The second-order valence-electron chi connectivity index (χ2n) is 26.8. The van der Waals surface area contributed by atoms with Crippen molar-refractivity contribution in [2.75, 3.05) is 39.6 Å². The van der Waals surface area contributed by atoms with Crippen molar-refractivity contribution in [3.8, 4) is 0 Å². The Hall–Kier alpha value is -11.5. The summed E-state index contributed by atoms with van der Waals surface area (Å²) < 4.78 is 55.9. The van der Waals surface area contributed by atoms with E-state index in [4.69, 9.17) is 73.8 Å². The fraction of sp³-hybridized carbons (Fsp3) is 0.635. The summed E-state index contributed by atoms with van der Waals surface area (Å²) in [5.74, 6) is -6.02. The van der Waals surface area contributed by atoms with E-state index in [0.717, 1.165) is 11.4 Å². The van der Waals surface area contributed by atoms with Crippen LogP contribution in [0.3, 0.4) is 0 Å². The number of aromatic nitrogens is 1. The van der Waals surface area contributed by atoms with Crippen LogP contribution >= 0.6 is 20.6 Å². The SMILES string of the molecule is CC1(C)COC(c2cccc(C3=NC(C)(C)CO3)n2)=N1.CCOC(=O)C1=C[C@@H](O)[C@H](N=[N+]=[N-])[C@@H](N=[N+]=[N-])C1.CCOC(=O)[C@H]1CC=C[C@H](OC(C)=O)[C@@H]1[N+](=O)[O-].CCOC(=O)[C@H]1C[C@H](N=[N+]=[N-])[C@@H](N=[N+]=[N-])[C@H](O)[C@@H]1[N+](=O)[O-].CCOC(=O)[C@H]1C[C@H](N=[N+]=[N-])[C@@H](N=[N+]=[N-])[C@H](O[Si](C)(C)C)[C@@H]1[N+](=O)[O-].O=C1OI(O)c2ccccc21. The summed E-state index contributed by atoms with van der Waals surface area (Å²) in [6, 6.07) is 2.14. The Labute approximate surface area is 651 Å². The minimum atomic E-state index is -2.52. The standard InChI is InChI=1S/C15H19N3O2.C12H21N7O5Si.C11H15NO6.C9H13N7O5.C9H12N6O3.C7H5IO3/c1-14(2)8-19-12(17-14)10-6-5-7-11(16-10)13-18-15(3,4)9-20-13;1-5-23-12(20)7-6-8(15-17-13)9(16-18-14)11(10(7)19(21)22)24-25(2,3)4;1-3-17-11(14)8-5-4-6-9(18-7(2)13)10(8)12(15)16;1-2-21-9(18)4-3-5(12-14-10)6(13-15-11)8(17)7(4)16(19)20;1-2-18-9(17)5-3-6(12-14-10)8(13-15-11)7(16)4-5;9-7-5-3-1-2-4-6(5)8(10)11-7/h5-7H,8-9H2,1-4H3;7-11H,5-6H2,1-4H3;4,6,8-10H,3,5H2,1-2H3;4-8,17H,2-3H2,1H3;4,6-8,16H,2-3H2,1H3;1-4,10H/t;7-,8-,9+,10+,11-;8-,9-,10+;4-,5-,6+,7+,8-;6-,7+,8+;/m.0000./s1. The second kappa shape index (κ2) is 44.5. The molecule has 16 atom stereocenters. The Balaban J connectivity index is 0.000000289. The third-order valence-electron chi connectivity index (χ3n) is 16.5. The molecule has 0 spiro atoms. The van der Waals surface area contributed by atoms with Crippen LogP contribution in [0.25, 0.3) is 62.7 Å². The van der Waals surface area contributed by atoms with Crippen LogP contribution < -0.4 is 0 Å². The van der Waals surface area contributed by atoms with Crippen LogP contribution in [0.1, 0.15) is 110 Å². The first-order valence-corrected chi connectivity index (χ1v) is 40.8. The molecule has 0 unspecified atom stereocenters. The van der Waals surface area contributed by atoms with E-state index in [1.165, 1.54) is 26.0 Å². The predicted molar refractivity (Wildman–Crippen MR) is 403 cm³/mol. The first-order chi connectivity index (χ1) is 53.4. The fourth-order valence-electron chi connectivity index (χ4n) is 11.8. The number of ether oxygens (including phenoxy) is 7. The predicted octanol–water partition coefficient (Wildman–Crippen LogP) is 9.57. The van der Waals surface area contributed by atoms with Gasteiger partial charge in [0, 0.05) is 68.8 Å². The number of nitrogens with zero attached hydrogens (tertiary/aromatic N) is 24. The number of benzene rings is 1. The number of hydrogen-bond acceptors (Lipinski definition) is 33. The summed E-state index contributed by atoms with van der Waals surface area (Å²) in [5, 5.41) is 74.1. The van der Waals surface area contributed by atoms with Crippen molar-refractivity contribution in [3.05, 3.63) is 180 Å². The van der Waals surface area contributed by atoms with Crippen molar-refractivity contribution in [1.29, 1.82) is 0 Å². The van der Waals surface area contributed by atoms with Crippen LogP contribution in [0.15, 0.2) is 107 Å². The Morgan fingerprint density at radius 3 is 1.52 bits per heavy atom. The van der Waals surface area contributed by atoms with E-state index in [1.807, 2.05) is 65.5 Å². The van der Waals surface area contributed by atoms with Crippen LogP contribution in [-0.4, -0.2) is 219 Å². The van der Waals surface area contributed by atoms with Crippen molar-refractivity contribution < 1.29 is 97.8 Å². The van der Waals surface area contributed by atoms with Gasteiger partial charge in [0.15, 0.2) is 14.4 Å². The molecule has 4 aliphatic carbocycles. The third-order valence-corrected chi connectivity index (χ3v) is 20.2. The Morgan fingerprint density at radius 2 is 1.08 bits per heavy atom. The quantitative estimate of drug-likeness (QED) is 0.00943. The first-order valence-electron chi connectivity index (χ1n) is 34.4. The molecule has 0 bridgehead atoms. The molecule has 1 aromatic heterocycles. The number of halogens is 1. The zero-order valence-electron chi connectivity index (χ0n) is 63.1. The Morgan fingerprint density at radius 1 is 0.628 bits per heavy atom. The van der Waals surface area contributed by atoms with Crippen molar-refractivity contribution in [2.24, 2.45) is 58.4 Å². The molecule has 0 amide bonds. The number of aliphatic hydroxyl groups is 2. The van der Waals surface area contributed by atoms with Crippen LogP contribution in [0, 0.1) is 51.7 Å². The van der Waals surface area contributed by atoms with Gasteiger partial charge in [-0.25, -0.2) is 19.8 Å². The molecule has 0 saturated heterocycles. The monoisotopic (exact) mass is 1720 g/mol. The van der Waals surface area contributed by atoms with E-state index in [1.54, 1.807) is 51.1 Å². The topological polar surface area (TPSA) is 706 Å². The number of allylic oxidation sites excluding steroid dienone is 1. The zero-order valence-corrected chi connectivity index (χ0v) is 66.3. The molecule has 2 saturated carbocycles. The van der Waals surface area contributed by atoms with Gasteiger partial charge in [-0.1, -0.05) is 42.8 Å². The van der Waals surface area contributed by atoms with Crippen molar-refractivity contribution in [3.63, 3.8) is 0 Å². The van der Waals surface area contributed by atoms with E-state index in [9.17, 15) is 72.8 Å². The third kappa shape index (κ3) is 27.4. The van der Waals surface area contributed by atoms with E-state index < -0.39 is 170 Å². The van der Waals surface area contributed by atoms with Gasteiger partial charge in [-0.2, -0.15) is 0 Å². The molecule has 1 aromatic carbocycles. The van der Waals surface area contributed by atoms with Gasteiger partial charge in [-0.05, 0) is 158 Å². The van der Waals surface area contributed by atoms with Gasteiger partial charge < -0.3 is 47.8 Å². The molecule has 4 heterocycles. The number of aliphatic hydroxyl groups excluding tert-OH is 2. The number of carbonyl (C=O) groups excluding carboxylic acids is 6. The van der Waals surface area contributed by atoms with E-state index >= 15 is 0 Å². The summed E-state index contributed by atoms with van der Waals surface area (Å²) in [6.07, 6.45) is -0.957. The zero-order chi connectivity index (χ0) is 84.7. The van der Waals surface area contributed by atoms with Crippen LogP contribution in [0.4, 0.5) is 0 Å². The molecule has 2 fully saturated rings. The first kappa shape index (κ1) is 93.8. The number of hydrogen-bond donors (Lipinski definition) is 3. The molecule has 3 aliphatic heterocycles. The van der Waals surface area contributed by atoms with Gasteiger partial charge in [-0.3, -0.25) is 49.5 Å². The van der Waals surface area contributed by atoms with Crippen molar-refractivity contribution in [1.82, 2.24) is 4.98 Å². The molecule has 0 radical (unpaired) electrons. The Bertz CT molecular complexity index is 4180. The van der Waals surface area contributed by atoms with Gasteiger partial charge in [0.25, 0.3) is 18.1 Å². The number of fused-ring (bicyclic) bond motifs is 1. The number of pyridine rings is 1. The molecular formula is C63H85IN24O24Si. The number of rotatable bonds is 22. The summed E-state index contributed by atoms with van der Waals surface area (Å²) in [6.45, 7) is 22.8. The molecule has 48 nitrogen and oxygen atoms in total. The second-order valence-corrected chi connectivity index (χ2v) is 34.2. The normalized spacial score (nSPS) is 26.5. The van der Waals surface area contributed by atoms with Crippen LogP contribution in [-0.2, 0) is 64.6 Å². The van der Waals surface area contributed by atoms with E-state index in [-0.39, 0.29) is 74.7 Å². The van der Waals surface area contributed by atoms with Crippen molar-refractivity contribution in [2.45, 2.75) is 198 Å². The maximum absolute atomic E-state index is 12.2. The fourth-order valence-corrected chi connectivity index (χ4v) is 15.2. The van der Waals surface area contributed by atoms with Crippen LogP contribution in [0.5, 0.6) is 0 Å². The van der Waals surface area contributed by atoms with Gasteiger partial charge in [0.1, 0.15) is 54.6 Å². The van der Waals surface area contributed by atoms with Gasteiger partial charge in [-0.15, -0.1) is 0 Å². The summed E-state index contributed by atoms with van der Waals surface area (Å²) in [4.78, 5) is 130. The molecule has 612 valence electrons. The number of azide groups is 6. The summed E-state index contributed by atoms with van der Waals surface area (Å²) in [5.41, 5.74) is 53.2. The molecular weight excluding hydrogens is 1630 g/mol. The average molecular weight is 1720 g/mol. The minimum absolute atomic E-state index is 0.0157. The van der Waals surface area contributed by atoms with Gasteiger partial charge in [0.2, 0.25) is 11.8 Å². The number of esters is 5. The van der Waals surface area contributed by atoms with E-state index in [2.05, 4.69) is 75.1 Å². The molecule has 9 rings (SSSR count). The number of nitro groups is 3. The van der Waals surface area contributed by atoms with Gasteiger partial charge in [0.05, 0.1) is 67.8 Å².